The molecule has 2 saturated heterocycles. The van der Waals surface area contributed by atoms with Crippen molar-refractivity contribution in [1.29, 1.82) is 0 Å². The predicted molar refractivity (Wildman–Crippen MR) is 286 cm³/mol. The number of aliphatic hydroxyl groups is 8. The van der Waals surface area contributed by atoms with Crippen LogP contribution in [0, 0.1) is 0 Å². The fourth-order valence-electron chi connectivity index (χ4n) is 9.86. The summed E-state index contributed by atoms with van der Waals surface area (Å²) in [5, 5.41) is 87.2. The van der Waals surface area contributed by atoms with Crippen LogP contribution in [0.5, 0.6) is 0 Å². The molecule has 12 atom stereocenters. The molecule has 2 heterocycles. The van der Waals surface area contributed by atoms with Gasteiger partial charge in [0.25, 0.3) is 0 Å². The van der Waals surface area contributed by atoms with Crippen LogP contribution in [0.1, 0.15) is 245 Å². The molecule has 72 heavy (non-hydrogen) atoms. The molecule has 0 aromatic rings. The predicted octanol–water partition coefficient (Wildman–Crippen LogP) is 9.67. The van der Waals surface area contributed by atoms with Crippen molar-refractivity contribution in [1.82, 2.24) is 5.32 Å². The van der Waals surface area contributed by atoms with Crippen molar-refractivity contribution < 1.29 is 64.6 Å². The van der Waals surface area contributed by atoms with E-state index in [0.717, 1.165) is 64.2 Å². The van der Waals surface area contributed by atoms with Gasteiger partial charge in [0, 0.05) is 6.42 Å². The van der Waals surface area contributed by atoms with E-state index in [-0.39, 0.29) is 12.5 Å². The Bertz CT molecular complexity index is 1300. The molecular weight excluding hydrogens is 919 g/mol. The number of unbranched alkanes of at least 4 members (excludes halogenated alkanes) is 30. The summed E-state index contributed by atoms with van der Waals surface area (Å²) < 4.78 is 22.8. The van der Waals surface area contributed by atoms with Gasteiger partial charge in [-0.1, -0.05) is 218 Å². The Morgan fingerprint density at radius 2 is 0.917 bits per heavy atom. The van der Waals surface area contributed by atoms with E-state index in [1.807, 2.05) is 0 Å². The van der Waals surface area contributed by atoms with E-state index in [0.29, 0.717) is 12.8 Å². The third-order valence-electron chi connectivity index (χ3n) is 14.7. The molecule has 9 N–H and O–H groups in total. The lowest BCUT2D eigenvalue weighted by Crippen LogP contribution is -2.65. The number of hydrogen-bond acceptors (Lipinski definition) is 13. The molecule has 0 bridgehead atoms. The number of amides is 1. The molecule has 424 valence electrons. The number of ether oxygens (including phenoxy) is 4. The SMILES string of the molecule is CCCCCCC/C=C\C/C=C\CCCCCCCCCCCC(=O)NC(COC1OC(CO)C(OC2OC(CO)C(O)C(O)C2O)C(O)C1O)C(O)CCCCCCCCCCCCCCCCCCC. The van der Waals surface area contributed by atoms with Crippen LogP contribution < -0.4 is 5.32 Å². The van der Waals surface area contributed by atoms with Gasteiger partial charge in [0.1, 0.15) is 48.8 Å². The van der Waals surface area contributed by atoms with E-state index in [9.17, 15) is 45.6 Å². The average molecular weight is 1030 g/mol. The summed E-state index contributed by atoms with van der Waals surface area (Å²) in [7, 11) is 0. The lowest BCUT2D eigenvalue weighted by atomic mass is 9.97. The van der Waals surface area contributed by atoms with E-state index in [4.69, 9.17) is 18.9 Å². The third kappa shape index (κ3) is 30.3. The summed E-state index contributed by atoms with van der Waals surface area (Å²) in [5.41, 5.74) is 0. The minimum Gasteiger partial charge on any atom is -0.394 e. The topological polar surface area (TPSA) is 228 Å². The van der Waals surface area contributed by atoms with Gasteiger partial charge in [-0.15, -0.1) is 0 Å². The van der Waals surface area contributed by atoms with Gasteiger partial charge in [-0.05, 0) is 44.9 Å². The number of nitrogens with one attached hydrogen (secondary N) is 1. The summed E-state index contributed by atoms with van der Waals surface area (Å²) in [5.74, 6) is -0.209. The number of carbonyl (C=O) groups excluding carboxylic acids is 1. The number of carbonyl (C=O) groups is 1. The first-order valence-electron chi connectivity index (χ1n) is 29.6. The van der Waals surface area contributed by atoms with Crippen LogP contribution in [0.15, 0.2) is 24.3 Å². The van der Waals surface area contributed by atoms with Crippen molar-refractivity contribution in [2.75, 3.05) is 19.8 Å². The van der Waals surface area contributed by atoms with Crippen LogP contribution in [0.25, 0.3) is 0 Å². The molecule has 12 unspecified atom stereocenters. The van der Waals surface area contributed by atoms with Gasteiger partial charge >= 0.3 is 0 Å². The molecule has 1 amide bonds. The largest absolute Gasteiger partial charge is 0.394 e. The van der Waals surface area contributed by atoms with Gasteiger partial charge in [0.15, 0.2) is 12.6 Å². The quantitative estimate of drug-likeness (QED) is 0.0205. The highest BCUT2D eigenvalue weighted by Crippen LogP contribution is 2.30. The molecule has 0 aliphatic carbocycles. The molecule has 0 spiro atoms. The number of rotatable bonds is 47. The van der Waals surface area contributed by atoms with Gasteiger partial charge < -0.3 is 65.1 Å². The molecular formula is C58H109NO13. The van der Waals surface area contributed by atoms with Crippen LogP contribution >= 0.6 is 0 Å². The Morgan fingerprint density at radius 3 is 1.39 bits per heavy atom. The molecule has 14 nitrogen and oxygen atoms in total. The van der Waals surface area contributed by atoms with Crippen molar-refractivity contribution >= 4 is 5.91 Å². The van der Waals surface area contributed by atoms with E-state index < -0.39 is 86.8 Å². The van der Waals surface area contributed by atoms with Gasteiger partial charge in [0.05, 0.1) is 32.0 Å². The van der Waals surface area contributed by atoms with Gasteiger partial charge in [-0.3, -0.25) is 4.79 Å². The van der Waals surface area contributed by atoms with Gasteiger partial charge in [-0.2, -0.15) is 0 Å². The molecule has 2 fully saturated rings. The molecule has 2 aliphatic rings. The number of allylic oxidation sites excluding steroid dienone is 4. The standard InChI is InChI=1S/C58H109NO13/c1-3-5-7-9-11-13-15-17-19-21-22-23-24-26-28-30-32-34-36-38-40-42-50(63)59-46(47(62)41-39-37-35-33-31-29-27-25-20-18-16-14-12-10-8-6-4-2)45-69-57-55(68)53(66)56(49(44-61)71-57)72-58-54(67)52(65)51(64)48(43-60)70-58/h15,17,21-22,46-49,51-58,60-62,64-68H,3-14,16,18-20,23-45H2,1-2H3,(H,59,63)/b17-15-,22-21-. The zero-order chi connectivity index (χ0) is 52.4. The zero-order valence-electron chi connectivity index (χ0n) is 45.4. The first-order chi connectivity index (χ1) is 35.1. The van der Waals surface area contributed by atoms with Crippen LogP contribution in [-0.4, -0.2) is 140 Å². The maximum atomic E-state index is 13.3. The smallest absolute Gasteiger partial charge is 0.220 e. The van der Waals surface area contributed by atoms with Gasteiger partial charge in [-0.25, -0.2) is 0 Å². The minimum atomic E-state index is -1.78. The van der Waals surface area contributed by atoms with E-state index >= 15 is 0 Å². The van der Waals surface area contributed by atoms with Gasteiger partial charge in [0.2, 0.25) is 5.91 Å². The maximum Gasteiger partial charge on any atom is 0.220 e. The molecule has 2 aliphatic heterocycles. The molecule has 0 aromatic heterocycles. The van der Waals surface area contributed by atoms with Crippen LogP contribution in [0.3, 0.4) is 0 Å². The Hall–Kier alpha value is -1.53. The first-order valence-corrected chi connectivity index (χ1v) is 29.6. The Balaban J connectivity index is 1.76. The fourth-order valence-corrected chi connectivity index (χ4v) is 9.86. The first kappa shape index (κ1) is 66.6. The van der Waals surface area contributed by atoms with E-state index in [2.05, 4.69) is 43.5 Å². The summed E-state index contributed by atoms with van der Waals surface area (Å²) >= 11 is 0. The summed E-state index contributed by atoms with van der Waals surface area (Å²) in [6.07, 6.45) is 34.5. The molecule has 2 rings (SSSR count). The summed E-state index contributed by atoms with van der Waals surface area (Å²) in [4.78, 5) is 13.3. The summed E-state index contributed by atoms with van der Waals surface area (Å²) in [6, 6.07) is -0.829. The van der Waals surface area contributed by atoms with Crippen molar-refractivity contribution in [2.24, 2.45) is 0 Å². The van der Waals surface area contributed by atoms with E-state index in [1.165, 1.54) is 154 Å². The van der Waals surface area contributed by atoms with Crippen molar-refractivity contribution in [2.45, 2.75) is 319 Å². The highest BCUT2D eigenvalue weighted by atomic mass is 16.7. The second kappa shape index (κ2) is 44.6. The monoisotopic (exact) mass is 1030 g/mol. The molecule has 0 radical (unpaired) electrons. The highest BCUT2D eigenvalue weighted by Gasteiger charge is 2.51. The maximum absolute atomic E-state index is 13.3. The Morgan fingerprint density at radius 1 is 0.500 bits per heavy atom. The average Bonchev–Trinajstić information content (AvgIpc) is 3.38. The Kier molecular flexibility index (Phi) is 41.2. The number of hydrogen-bond donors (Lipinski definition) is 9. The summed E-state index contributed by atoms with van der Waals surface area (Å²) in [6.45, 7) is 2.87. The van der Waals surface area contributed by atoms with Crippen LogP contribution in [0.2, 0.25) is 0 Å². The van der Waals surface area contributed by atoms with Crippen molar-refractivity contribution in [3.8, 4) is 0 Å². The lowest BCUT2D eigenvalue weighted by molar-refractivity contribution is -0.359. The molecule has 0 saturated carbocycles. The van der Waals surface area contributed by atoms with Crippen molar-refractivity contribution in [3.63, 3.8) is 0 Å². The van der Waals surface area contributed by atoms with Crippen molar-refractivity contribution in [3.05, 3.63) is 24.3 Å². The highest BCUT2D eigenvalue weighted by molar-refractivity contribution is 5.76. The minimum absolute atomic E-state index is 0.209. The third-order valence-corrected chi connectivity index (χ3v) is 14.7. The molecule has 0 aromatic carbocycles. The van der Waals surface area contributed by atoms with Crippen LogP contribution in [0.4, 0.5) is 0 Å². The number of aliphatic hydroxyl groups excluding tert-OH is 8. The normalized spacial score (nSPS) is 25.7. The van der Waals surface area contributed by atoms with Crippen LogP contribution in [-0.2, 0) is 23.7 Å². The fraction of sp³-hybridized carbons (Fsp3) is 0.914. The second-order valence-electron chi connectivity index (χ2n) is 21.1. The zero-order valence-corrected chi connectivity index (χ0v) is 45.4. The van der Waals surface area contributed by atoms with E-state index in [1.54, 1.807) is 0 Å². The molecule has 14 heteroatoms. The second-order valence-corrected chi connectivity index (χ2v) is 21.1. The lowest BCUT2D eigenvalue weighted by Gasteiger charge is -2.46. The Labute approximate surface area is 437 Å².